The molecule has 1 atom stereocenters. The monoisotopic (exact) mass is 405 g/mol. The number of ether oxygens (including phenoxy) is 1. The van der Waals surface area contributed by atoms with E-state index in [4.69, 9.17) is 9.15 Å². The smallest absolute Gasteiger partial charge is 0.192 e. The fourth-order valence-electron chi connectivity index (χ4n) is 4.32. The third kappa shape index (κ3) is 4.93. The highest BCUT2D eigenvalue weighted by molar-refractivity contribution is 5.78. The van der Waals surface area contributed by atoms with Crippen molar-refractivity contribution in [1.82, 2.24) is 4.90 Å². The molecule has 158 valence electrons. The SMILES string of the molecule is CN(C)CCC(Oc1ccc2c(=O)cc(C3CCCCC3)oc2c1)c1ccccc1. The van der Waals surface area contributed by atoms with Crippen molar-refractivity contribution >= 4 is 11.0 Å². The number of fused-ring (bicyclic) bond motifs is 1. The molecule has 0 spiro atoms. The zero-order valence-electron chi connectivity index (χ0n) is 18.0. The summed E-state index contributed by atoms with van der Waals surface area (Å²) < 4.78 is 12.6. The Morgan fingerprint density at radius 2 is 1.80 bits per heavy atom. The van der Waals surface area contributed by atoms with Crippen molar-refractivity contribution in [1.29, 1.82) is 0 Å². The van der Waals surface area contributed by atoms with Gasteiger partial charge in [-0.25, -0.2) is 0 Å². The van der Waals surface area contributed by atoms with Crippen LogP contribution in [0.2, 0.25) is 0 Å². The van der Waals surface area contributed by atoms with Crippen molar-refractivity contribution in [3.05, 3.63) is 76.1 Å². The lowest BCUT2D eigenvalue weighted by molar-refractivity contribution is 0.179. The van der Waals surface area contributed by atoms with Crippen LogP contribution in [0.5, 0.6) is 5.75 Å². The van der Waals surface area contributed by atoms with E-state index in [9.17, 15) is 4.79 Å². The Morgan fingerprint density at radius 3 is 2.53 bits per heavy atom. The van der Waals surface area contributed by atoms with Gasteiger partial charge in [0, 0.05) is 31.0 Å². The van der Waals surface area contributed by atoms with Gasteiger partial charge < -0.3 is 14.1 Å². The minimum absolute atomic E-state index is 0.0376. The lowest BCUT2D eigenvalue weighted by atomic mass is 9.87. The molecule has 0 saturated heterocycles. The second kappa shape index (κ2) is 9.48. The third-order valence-corrected chi connectivity index (χ3v) is 6.02. The molecule has 3 aromatic rings. The van der Waals surface area contributed by atoms with Gasteiger partial charge in [0.05, 0.1) is 5.39 Å². The fourth-order valence-corrected chi connectivity index (χ4v) is 4.32. The Hall–Kier alpha value is -2.59. The molecule has 0 aliphatic heterocycles. The number of benzene rings is 2. The maximum atomic E-state index is 12.7. The molecule has 0 bridgehead atoms. The first-order chi connectivity index (χ1) is 14.6. The van der Waals surface area contributed by atoms with Crippen LogP contribution in [-0.4, -0.2) is 25.5 Å². The molecule has 4 rings (SSSR count). The summed E-state index contributed by atoms with van der Waals surface area (Å²) in [6.45, 7) is 0.925. The van der Waals surface area contributed by atoms with E-state index in [0.717, 1.165) is 42.9 Å². The molecule has 1 fully saturated rings. The first-order valence-electron chi connectivity index (χ1n) is 11.0. The molecule has 0 radical (unpaired) electrons. The summed E-state index contributed by atoms with van der Waals surface area (Å²) in [7, 11) is 4.14. The quantitative estimate of drug-likeness (QED) is 0.490. The van der Waals surface area contributed by atoms with Crippen LogP contribution < -0.4 is 10.2 Å². The van der Waals surface area contributed by atoms with Crippen molar-refractivity contribution in [2.45, 2.75) is 50.5 Å². The molecule has 30 heavy (non-hydrogen) atoms. The largest absolute Gasteiger partial charge is 0.486 e. The summed E-state index contributed by atoms with van der Waals surface area (Å²) in [6.07, 6.45) is 6.72. The highest BCUT2D eigenvalue weighted by Crippen LogP contribution is 2.34. The highest BCUT2D eigenvalue weighted by atomic mass is 16.5. The minimum atomic E-state index is -0.0562. The van der Waals surface area contributed by atoms with E-state index in [-0.39, 0.29) is 11.5 Å². The van der Waals surface area contributed by atoms with Crippen LogP contribution in [0.4, 0.5) is 0 Å². The molecule has 1 aliphatic carbocycles. The van der Waals surface area contributed by atoms with E-state index >= 15 is 0 Å². The zero-order valence-corrected chi connectivity index (χ0v) is 18.0. The van der Waals surface area contributed by atoms with Crippen LogP contribution in [0, 0.1) is 0 Å². The van der Waals surface area contributed by atoms with Gasteiger partial charge in [-0.3, -0.25) is 4.79 Å². The molecular formula is C26H31NO3. The second-order valence-electron chi connectivity index (χ2n) is 8.62. The van der Waals surface area contributed by atoms with Crippen LogP contribution in [0.1, 0.15) is 61.9 Å². The third-order valence-electron chi connectivity index (χ3n) is 6.02. The molecular weight excluding hydrogens is 374 g/mol. The first-order valence-corrected chi connectivity index (χ1v) is 11.0. The topological polar surface area (TPSA) is 42.7 Å². The van der Waals surface area contributed by atoms with Gasteiger partial charge in [0.15, 0.2) is 5.43 Å². The Bertz CT molecular complexity index is 1020. The summed E-state index contributed by atoms with van der Waals surface area (Å²) in [5.74, 6) is 1.92. The van der Waals surface area contributed by atoms with E-state index in [1.807, 2.05) is 36.4 Å². The van der Waals surface area contributed by atoms with Gasteiger partial charge in [0.1, 0.15) is 23.2 Å². The van der Waals surface area contributed by atoms with Gasteiger partial charge in [-0.2, -0.15) is 0 Å². The zero-order chi connectivity index (χ0) is 20.9. The molecule has 1 saturated carbocycles. The Balaban J connectivity index is 1.62. The normalized spacial score (nSPS) is 16.1. The van der Waals surface area contributed by atoms with E-state index in [2.05, 4.69) is 31.1 Å². The van der Waals surface area contributed by atoms with E-state index in [1.165, 1.54) is 19.3 Å². The van der Waals surface area contributed by atoms with Crippen LogP contribution in [0.15, 0.2) is 63.8 Å². The van der Waals surface area contributed by atoms with Crippen LogP contribution >= 0.6 is 0 Å². The van der Waals surface area contributed by atoms with Crippen LogP contribution in [-0.2, 0) is 0 Å². The van der Waals surface area contributed by atoms with Crippen molar-refractivity contribution in [3.63, 3.8) is 0 Å². The summed E-state index contributed by atoms with van der Waals surface area (Å²) in [5.41, 5.74) is 1.81. The number of nitrogens with zero attached hydrogens (tertiary/aromatic N) is 1. The van der Waals surface area contributed by atoms with Crippen molar-refractivity contribution in [2.75, 3.05) is 20.6 Å². The van der Waals surface area contributed by atoms with Crippen LogP contribution in [0.25, 0.3) is 11.0 Å². The van der Waals surface area contributed by atoms with Gasteiger partial charge in [0.2, 0.25) is 0 Å². The number of hydrogen-bond acceptors (Lipinski definition) is 4. The summed E-state index contributed by atoms with van der Waals surface area (Å²) in [5, 5.41) is 0.617. The predicted octanol–water partition coefficient (Wildman–Crippen LogP) is 5.91. The Labute approximate surface area is 178 Å². The van der Waals surface area contributed by atoms with Crippen molar-refractivity contribution in [2.24, 2.45) is 0 Å². The van der Waals surface area contributed by atoms with E-state index in [1.54, 1.807) is 6.07 Å². The lowest BCUT2D eigenvalue weighted by Gasteiger charge is -2.22. The minimum Gasteiger partial charge on any atom is -0.486 e. The van der Waals surface area contributed by atoms with E-state index in [0.29, 0.717) is 16.9 Å². The number of rotatable bonds is 7. The molecule has 1 aliphatic rings. The first kappa shape index (κ1) is 20.7. The summed E-state index contributed by atoms with van der Waals surface area (Å²) in [4.78, 5) is 14.8. The summed E-state index contributed by atoms with van der Waals surface area (Å²) in [6, 6.07) is 17.6. The number of hydrogen-bond donors (Lipinski definition) is 0. The Morgan fingerprint density at radius 1 is 1.03 bits per heavy atom. The van der Waals surface area contributed by atoms with Crippen molar-refractivity contribution < 1.29 is 9.15 Å². The van der Waals surface area contributed by atoms with Gasteiger partial charge in [-0.1, -0.05) is 49.6 Å². The molecule has 4 nitrogen and oxygen atoms in total. The average Bonchev–Trinajstić information content (AvgIpc) is 2.77. The molecule has 1 heterocycles. The standard InChI is InChI=1S/C26H31NO3/c1-27(2)16-15-24(19-9-5-3-6-10-19)29-21-13-14-22-23(28)18-25(30-26(22)17-21)20-11-7-4-8-12-20/h3,5-6,9-10,13-14,17-18,20,24H,4,7-8,11-12,15-16H2,1-2H3. The van der Waals surface area contributed by atoms with E-state index < -0.39 is 0 Å². The van der Waals surface area contributed by atoms with Gasteiger partial charge in [-0.15, -0.1) is 0 Å². The fraction of sp³-hybridized carbons (Fsp3) is 0.423. The molecule has 1 aromatic heterocycles. The maximum absolute atomic E-state index is 12.7. The lowest BCUT2D eigenvalue weighted by Crippen LogP contribution is -2.18. The predicted molar refractivity (Wildman–Crippen MR) is 121 cm³/mol. The Kier molecular flexibility index (Phi) is 6.53. The van der Waals surface area contributed by atoms with Gasteiger partial charge >= 0.3 is 0 Å². The van der Waals surface area contributed by atoms with Gasteiger partial charge in [-0.05, 0) is 44.6 Å². The van der Waals surface area contributed by atoms with Crippen LogP contribution in [0.3, 0.4) is 0 Å². The van der Waals surface area contributed by atoms with Gasteiger partial charge in [0.25, 0.3) is 0 Å². The molecule has 2 aromatic carbocycles. The summed E-state index contributed by atoms with van der Waals surface area (Å²) >= 11 is 0. The van der Waals surface area contributed by atoms with Crippen molar-refractivity contribution in [3.8, 4) is 5.75 Å². The highest BCUT2D eigenvalue weighted by Gasteiger charge is 2.20. The second-order valence-corrected chi connectivity index (χ2v) is 8.62. The molecule has 0 amide bonds. The average molecular weight is 406 g/mol. The molecule has 4 heteroatoms. The molecule has 0 N–H and O–H groups in total. The molecule has 1 unspecified atom stereocenters. The maximum Gasteiger partial charge on any atom is 0.192 e.